The first-order valence-electron chi connectivity index (χ1n) is 4.24. The lowest BCUT2D eigenvalue weighted by Gasteiger charge is -2.00. The topological polar surface area (TPSA) is 77.3 Å². The van der Waals surface area contributed by atoms with Crippen LogP contribution in [0.1, 0.15) is 15.9 Å². The van der Waals surface area contributed by atoms with Gasteiger partial charge >= 0.3 is 11.9 Å². The predicted octanol–water partition coefficient (Wildman–Crippen LogP) is 1.97. The molecule has 0 fully saturated rings. The second kappa shape index (κ2) is 4.60. The Balaban J connectivity index is 3.13. The van der Waals surface area contributed by atoms with Crippen LogP contribution in [-0.4, -0.2) is 22.5 Å². The van der Waals surface area contributed by atoms with Gasteiger partial charge in [-0.05, 0) is 24.3 Å². The maximum atomic E-state index is 12.2. The molecule has 0 spiro atoms. The number of hydrogen-bond acceptors (Lipinski definition) is 2. The first-order valence-corrected chi connectivity index (χ1v) is 4.24. The third kappa shape index (κ3) is 2.77. The van der Waals surface area contributed by atoms with Crippen LogP contribution in [0.2, 0.25) is 0 Å². The number of nitriles is 1. The summed E-state index contributed by atoms with van der Waals surface area (Å²) in [5.41, 5.74) is 6.18. The van der Waals surface area contributed by atoms with E-state index < -0.39 is 17.7 Å². The van der Waals surface area contributed by atoms with E-state index in [2.05, 4.69) is 0 Å². The molecule has 4 nitrogen and oxygen atoms in total. The molecule has 17 heavy (non-hydrogen) atoms. The summed E-state index contributed by atoms with van der Waals surface area (Å²) in [7, 11) is 0. The molecule has 1 aromatic rings. The number of benzene rings is 1. The van der Waals surface area contributed by atoms with Crippen molar-refractivity contribution in [3.8, 4) is 6.07 Å². The molecule has 86 valence electrons. The second-order valence-corrected chi connectivity index (χ2v) is 2.96. The Morgan fingerprint density at radius 1 is 1.29 bits per heavy atom. The van der Waals surface area contributed by atoms with Crippen molar-refractivity contribution in [1.29, 1.82) is 5.26 Å². The Labute approximate surface area is 93.5 Å². The molecular formula is C10H4F3N3O. The average molecular weight is 239 g/mol. The molecule has 7 heteroatoms. The summed E-state index contributed by atoms with van der Waals surface area (Å²) in [4.78, 5) is 13.3. The monoisotopic (exact) mass is 239 g/mol. The van der Waals surface area contributed by atoms with Crippen LogP contribution in [0.25, 0.3) is 5.53 Å². The molecule has 1 rings (SSSR count). The maximum Gasteiger partial charge on any atom is 0.499 e. The van der Waals surface area contributed by atoms with Gasteiger partial charge < -0.3 is 5.53 Å². The van der Waals surface area contributed by atoms with Crippen molar-refractivity contribution < 1.29 is 22.8 Å². The number of alkyl halides is 3. The van der Waals surface area contributed by atoms with Crippen LogP contribution in [-0.2, 0) is 0 Å². The molecule has 0 aliphatic heterocycles. The molecule has 0 bridgehead atoms. The van der Waals surface area contributed by atoms with Crippen LogP contribution in [0.4, 0.5) is 13.2 Å². The van der Waals surface area contributed by atoms with Crippen LogP contribution in [0, 0.1) is 11.3 Å². The molecule has 0 aliphatic rings. The largest absolute Gasteiger partial charge is 0.499 e. The van der Waals surface area contributed by atoms with E-state index in [0.717, 1.165) is 12.1 Å². The van der Waals surface area contributed by atoms with Gasteiger partial charge in [0.25, 0.3) is 5.78 Å². The highest BCUT2D eigenvalue weighted by Gasteiger charge is 2.49. The minimum atomic E-state index is -5.03. The number of hydrogen-bond donors (Lipinski definition) is 0. The predicted molar refractivity (Wildman–Crippen MR) is 50.2 cm³/mol. The molecule has 0 saturated heterocycles. The summed E-state index contributed by atoms with van der Waals surface area (Å²) in [6, 6.07) is 6.25. The maximum absolute atomic E-state index is 12.2. The third-order valence-electron chi connectivity index (χ3n) is 1.86. The minimum absolute atomic E-state index is 0.205. The van der Waals surface area contributed by atoms with Crippen molar-refractivity contribution in [2.24, 2.45) is 0 Å². The summed E-state index contributed by atoms with van der Waals surface area (Å²) in [5.74, 6) is -1.45. The second-order valence-electron chi connectivity index (χ2n) is 2.96. The highest BCUT2D eigenvalue weighted by molar-refractivity contribution is 6.45. The van der Waals surface area contributed by atoms with Gasteiger partial charge in [-0.1, -0.05) is 0 Å². The third-order valence-corrected chi connectivity index (χ3v) is 1.86. The van der Waals surface area contributed by atoms with E-state index in [0.29, 0.717) is 0 Å². The van der Waals surface area contributed by atoms with Crippen molar-refractivity contribution in [3.63, 3.8) is 0 Å². The smallest absolute Gasteiger partial charge is 0.361 e. The molecule has 0 amide bonds. The van der Waals surface area contributed by atoms with Gasteiger partial charge in [-0.3, -0.25) is 4.79 Å². The number of rotatable bonds is 2. The van der Waals surface area contributed by atoms with Crippen LogP contribution >= 0.6 is 0 Å². The number of nitrogens with zero attached hydrogens (tertiary/aromatic N) is 3. The van der Waals surface area contributed by atoms with Crippen LogP contribution in [0.3, 0.4) is 0 Å². The van der Waals surface area contributed by atoms with Gasteiger partial charge in [0.05, 0.1) is 11.6 Å². The average Bonchev–Trinajstić information content (AvgIpc) is 2.28. The normalized spacial score (nSPS) is 10.2. The van der Waals surface area contributed by atoms with Gasteiger partial charge in [-0.15, -0.1) is 0 Å². The van der Waals surface area contributed by atoms with E-state index in [1.165, 1.54) is 12.1 Å². The SMILES string of the molecule is N#Cc1ccc(C(=O)C(=[N+]=[N-])C(F)(F)F)cc1. The Hall–Kier alpha value is -2.45. The summed E-state index contributed by atoms with van der Waals surface area (Å²) in [6.45, 7) is 0. The quantitative estimate of drug-likeness (QED) is 0.342. The van der Waals surface area contributed by atoms with E-state index >= 15 is 0 Å². The Morgan fingerprint density at radius 2 is 1.82 bits per heavy atom. The van der Waals surface area contributed by atoms with Crippen molar-refractivity contribution >= 4 is 11.5 Å². The Kier molecular flexibility index (Phi) is 3.41. The van der Waals surface area contributed by atoms with E-state index in [1.54, 1.807) is 6.07 Å². The van der Waals surface area contributed by atoms with Crippen molar-refractivity contribution in [2.45, 2.75) is 6.18 Å². The van der Waals surface area contributed by atoms with Gasteiger partial charge in [0.1, 0.15) is 0 Å². The van der Waals surface area contributed by atoms with Crippen LogP contribution in [0.15, 0.2) is 24.3 Å². The van der Waals surface area contributed by atoms with Crippen molar-refractivity contribution in [2.75, 3.05) is 0 Å². The Bertz CT molecular complexity index is 533. The van der Waals surface area contributed by atoms with E-state index in [4.69, 9.17) is 10.8 Å². The summed E-state index contributed by atoms with van der Waals surface area (Å²) in [6.07, 6.45) is -5.03. The number of ketones is 1. The number of Topliss-reactive ketones (excluding diaryl/α,β-unsaturated/α-hetero) is 1. The molecule has 0 unspecified atom stereocenters. The standard InChI is InChI=1S/C10H4F3N3O/c11-10(12,13)9(16-15)8(17)7-3-1-6(5-14)2-4-7/h1-4H. The van der Waals surface area contributed by atoms with Gasteiger partial charge in [-0.2, -0.15) is 23.2 Å². The van der Waals surface area contributed by atoms with Gasteiger partial charge in [-0.25, -0.2) is 0 Å². The number of halogens is 3. The van der Waals surface area contributed by atoms with E-state index in [1.807, 2.05) is 4.79 Å². The fraction of sp³-hybridized carbons (Fsp3) is 0.100. The molecule has 0 aromatic heterocycles. The molecule has 0 N–H and O–H groups in total. The summed E-state index contributed by atoms with van der Waals surface area (Å²) < 4.78 is 36.7. The van der Waals surface area contributed by atoms with Crippen LogP contribution in [0.5, 0.6) is 0 Å². The van der Waals surface area contributed by atoms with E-state index in [-0.39, 0.29) is 11.1 Å². The zero-order chi connectivity index (χ0) is 13.1. The molecule has 1 aromatic carbocycles. The Morgan fingerprint density at radius 3 is 2.18 bits per heavy atom. The van der Waals surface area contributed by atoms with Gasteiger partial charge in [0, 0.05) is 5.56 Å². The van der Waals surface area contributed by atoms with Gasteiger partial charge in [0.2, 0.25) is 0 Å². The molecule has 0 radical (unpaired) electrons. The number of carbonyl (C=O) groups excluding carboxylic acids is 1. The molecular weight excluding hydrogens is 235 g/mol. The first kappa shape index (κ1) is 12.6. The summed E-state index contributed by atoms with van der Waals surface area (Å²) >= 11 is 0. The zero-order valence-corrected chi connectivity index (χ0v) is 8.19. The summed E-state index contributed by atoms with van der Waals surface area (Å²) in [5, 5.41) is 8.47. The highest BCUT2D eigenvalue weighted by Crippen LogP contribution is 2.19. The minimum Gasteiger partial charge on any atom is -0.361 e. The van der Waals surface area contributed by atoms with Gasteiger partial charge in [0.15, 0.2) is 0 Å². The van der Waals surface area contributed by atoms with Crippen molar-refractivity contribution in [1.82, 2.24) is 0 Å². The fourth-order valence-electron chi connectivity index (χ4n) is 1.06. The van der Waals surface area contributed by atoms with Crippen molar-refractivity contribution in [3.05, 3.63) is 40.9 Å². The molecule has 0 atom stereocenters. The lowest BCUT2D eigenvalue weighted by molar-refractivity contribution is -0.111. The van der Waals surface area contributed by atoms with Crippen LogP contribution < -0.4 is 0 Å². The lowest BCUT2D eigenvalue weighted by atomic mass is 10.1. The molecule has 0 aliphatic carbocycles. The molecule has 0 saturated carbocycles. The van der Waals surface area contributed by atoms with E-state index in [9.17, 15) is 18.0 Å². The lowest BCUT2D eigenvalue weighted by Crippen LogP contribution is -2.32. The first-order chi connectivity index (χ1) is 7.90. The zero-order valence-electron chi connectivity index (χ0n) is 8.19. The molecule has 0 heterocycles. The number of carbonyl (C=O) groups is 1. The fourth-order valence-corrected chi connectivity index (χ4v) is 1.06. The highest BCUT2D eigenvalue weighted by atomic mass is 19.4.